The molecule has 0 atom stereocenters. The van der Waals surface area contributed by atoms with Crippen molar-refractivity contribution in [2.75, 3.05) is 0 Å². The van der Waals surface area contributed by atoms with E-state index in [0.29, 0.717) is 11.5 Å². The largest absolute Gasteiger partial charge is 0.296 e. The highest BCUT2D eigenvalue weighted by Gasteiger charge is 2.28. The van der Waals surface area contributed by atoms with Crippen molar-refractivity contribution in [2.24, 2.45) is 7.05 Å². The summed E-state index contributed by atoms with van der Waals surface area (Å²) in [6.07, 6.45) is 1.43. The molecule has 2 aromatic carbocycles. The zero-order valence-electron chi connectivity index (χ0n) is 17.5. The summed E-state index contributed by atoms with van der Waals surface area (Å²) in [6, 6.07) is 16.0. The molecule has 0 fully saturated rings. The first kappa shape index (κ1) is 12.4. The molecule has 0 saturated heterocycles. The Kier molecular flexibility index (Phi) is 2.87. The van der Waals surface area contributed by atoms with Crippen LogP contribution in [0.2, 0.25) is 0 Å². The minimum absolute atomic E-state index is 0.172. The predicted octanol–water partition coefficient (Wildman–Crippen LogP) is 3.84. The van der Waals surface area contributed by atoms with Gasteiger partial charge in [0.05, 0.1) is 12.6 Å². The molecule has 0 N–H and O–H groups in total. The van der Waals surface area contributed by atoms with Gasteiger partial charge in [-0.25, -0.2) is 9.55 Å². The summed E-state index contributed by atoms with van der Waals surface area (Å²) >= 11 is 0. The van der Waals surface area contributed by atoms with Crippen LogP contribution >= 0.6 is 0 Å². The maximum atomic E-state index is 8.07. The van der Waals surface area contributed by atoms with E-state index in [1.165, 1.54) is 6.33 Å². The Hall–Kier alpha value is -3.01. The molecule has 2 heterocycles. The molecule has 0 aliphatic rings. The Balaban J connectivity index is 2.20. The second kappa shape index (κ2) is 5.81. The number of fused-ring (bicyclic) bond motifs is 1. The van der Waals surface area contributed by atoms with Crippen LogP contribution in [0.25, 0.3) is 28.2 Å². The summed E-state index contributed by atoms with van der Waals surface area (Å²) in [5.74, 6) is 1.27. The van der Waals surface area contributed by atoms with Gasteiger partial charge in [0.1, 0.15) is 6.33 Å². The number of rotatable bonds is 2. The third kappa shape index (κ3) is 2.33. The molecule has 0 bridgehead atoms. The van der Waals surface area contributed by atoms with Crippen molar-refractivity contribution in [1.29, 1.82) is 0 Å². The van der Waals surface area contributed by atoms with Crippen LogP contribution in [0.3, 0.4) is 0 Å². The van der Waals surface area contributed by atoms with Crippen molar-refractivity contribution in [2.45, 2.75) is 20.7 Å². The minimum Gasteiger partial charge on any atom is -0.241 e. The van der Waals surface area contributed by atoms with Crippen LogP contribution in [0, 0.1) is 20.7 Å². The van der Waals surface area contributed by atoms with Gasteiger partial charge < -0.3 is 0 Å². The minimum atomic E-state index is -2.33. The molecule has 2 aromatic heterocycles. The van der Waals surface area contributed by atoms with Crippen molar-refractivity contribution in [3.05, 3.63) is 71.7 Å². The molecule has 0 unspecified atom stereocenters. The van der Waals surface area contributed by atoms with Gasteiger partial charge in [0.25, 0.3) is 5.82 Å². The maximum absolute atomic E-state index is 8.07. The Labute approximate surface area is 151 Å². The Morgan fingerprint density at radius 1 is 1.00 bits per heavy atom. The number of hydrogen-bond donors (Lipinski definition) is 0. The molecule has 0 amide bonds. The molecule has 0 aliphatic heterocycles. The van der Waals surface area contributed by atoms with Crippen molar-refractivity contribution in [3.63, 3.8) is 0 Å². The zero-order valence-corrected chi connectivity index (χ0v) is 14.5. The lowest BCUT2D eigenvalue weighted by Crippen LogP contribution is -2.30. The quantitative estimate of drug-likeness (QED) is 0.523. The highest BCUT2D eigenvalue weighted by atomic mass is 15.2. The summed E-state index contributed by atoms with van der Waals surface area (Å²) in [6.45, 7) is 1.44. The third-order valence-electron chi connectivity index (χ3n) is 4.63. The van der Waals surface area contributed by atoms with Crippen molar-refractivity contribution >= 4 is 11.0 Å². The van der Waals surface area contributed by atoms with E-state index in [-0.39, 0.29) is 5.56 Å². The molecule has 0 spiro atoms. The van der Waals surface area contributed by atoms with E-state index in [2.05, 4.69) is 14.5 Å². The molecule has 4 aromatic rings. The Bertz CT molecular complexity index is 1190. The number of benzene rings is 2. The van der Waals surface area contributed by atoms with Crippen molar-refractivity contribution < 1.29 is 8.68 Å². The van der Waals surface area contributed by atoms with E-state index in [9.17, 15) is 0 Å². The van der Waals surface area contributed by atoms with E-state index in [1.807, 2.05) is 67.1 Å². The highest BCUT2D eigenvalue weighted by Crippen LogP contribution is 2.29. The topological polar surface area (TPSA) is 34.6 Å². The SMILES string of the molecule is [2H]C([2H])([2H])c1c(C)ncnc1-n1c(-c2ccccc2C)[n+](C)c2ccccc21. The van der Waals surface area contributed by atoms with Gasteiger partial charge in [0.15, 0.2) is 11.0 Å². The summed E-state index contributed by atoms with van der Waals surface area (Å²) < 4.78 is 28.2. The van der Waals surface area contributed by atoms with Crippen LogP contribution in [0.4, 0.5) is 0 Å². The molecule has 4 nitrogen and oxygen atoms in total. The smallest absolute Gasteiger partial charge is 0.241 e. The predicted molar refractivity (Wildman–Crippen MR) is 99.7 cm³/mol. The highest BCUT2D eigenvalue weighted by molar-refractivity contribution is 5.79. The van der Waals surface area contributed by atoms with E-state index in [0.717, 1.165) is 28.0 Å². The Morgan fingerprint density at radius 3 is 2.56 bits per heavy atom. The number of para-hydroxylation sites is 2. The first-order chi connectivity index (χ1) is 13.3. The first-order valence-corrected chi connectivity index (χ1v) is 8.18. The van der Waals surface area contributed by atoms with Crippen LogP contribution in [-0.4, -0.2) is 14.5 Å². The number of aromatic nitrogens is 4. The van der Waals surface area contributed by atoms with Gasteiger partial charge in [-0.05, 0) is 44.5 Å². The van der Waals surface area contributed by atoms with E-state index >= 15 is 0 Å². The average molecular weight is 332 g/mol. The van der Waals surface area contributed by atoms with Crippen LogP contribution in [0.1, 0.15) is 20.9 Å². The lowest BCUT2D eigenvalue weighted by molar-refractivity contribution is -0.633. The van der Waals surface area contributed by atoms with Gasteiger partial charge in [-0.3, -0.25) is 0 Å². The molecule has 4 heteroatoms. The molecular formula is C21H21N4+. The van der Waals surface area contributed by atoms with Crippen LogP contribution in [0.5, 0.6) is 0 Å². The van der Waals surface area contributed by atoms with Crippen LogP contribution in [0.15, 0.2) is 54.9 Å². The first-order valence-electron chi connectivity index (χ1n) is 9.68. The van der Waals surface area contributed by atoms with E-state index < -0.39 is 6.85 Å². The zero-order chi connectivity index (χ0) is 20.1. The monoisotopic (exact) mass is 332 g/mol. The summed E-state index contributed by atoms with van der Waals surface area (Å²) in [5, 5.41) is 0. The normalized spacial score (nSPS) is 13.5. The number of hydrogen-bond acceptors (Lipinski definition) is 2. The summed E-state index contributed by atoms with van der Waals surface area (Å²) in [5.41, 5.74) is 4.64. The lowest BCUT2D eigenvalue weighted by atomic mass is 10.1. The summed E-state index contributed by atoms with van der Waals surface area (Å²) in [4.78, 5) is 8.58. The molecule has 0 saturated carbocycles. The van der Waals surface area contributed by atoms with Gasteiger partial charge in [-0.15, -0.1) is 0 Å². The molecule has 0 aliphatic carbocycles. The van der Waals surface area contributed by atoms with Gasteiger partial charge in [0, 0.05) is 15.4 Å². The van der Waals surface area contributed by atoms with Gasteiger partial charge in [-0.1, -0.05) is 30.3 Å². The second-order valence-electron chi connectivity index (χ2n) is 6.18. The molecular weight excluding hydrogens is 308 g/mol. The summed E-state index contributed by atoms with van der Waals surface area (Å²) in [7, 11) is 1.99. The average Bonchev–Trinajstić information content (AvgIpc) is 2.94. The Morgan fingerprint density at radius 2 is 1.76 bits per heavy atom. The fraction of sp³-hybridized carbons (Fsp3) is 0.190. The second-order valence-corrected chi connectivity index (χ2v) is 6.18. The van der Waals surface area contributed by atoms with Crippen LogP contribution in [-0.2, 0) is 7.05 Å². The van der Waals surface area contributed by atoms with Gasteiger partial charge in [-0.2, -0.15) is 9.55 Å². The fourth-order valence-electron chi connectivity index (χ4n) is 3.28. The van der Waals surface area contributed by atoms with Crippen molar-refractivity contribution in [3.8, 4) is 17.2 Å². The van der Waals surface area contributed by atoms with Gasteiger partial charge >= 0.3 is 0 Å². The van der Waals surface area contributed by atoms with E-state index in [4.69, 9.17) is 4.11 Å². The lowest BCUT2D eigenvalue weighted by Gasteiger charge is -2.08. The fourth-order valence-corrected chi connectivity index (χ4v) is 3.28. The third-order valence-corrected chi connectivity index (χ3v) is 4.63. The number of imidazole rings is 1. The van der Waals surface area contributed by atoms with Gasteiger partial charge in [0.2, 0.25) is 5.82 Å². The molecule has 0 radical (unpaired) electrons. The van der Waals surface area contributed by atoms with Crippen molar-refractivity contribution in [1.82, 2.24) is 14.5 Å². The van der Waals surface area contributed by atoms with Crippen LogP contribution < -0.4 is 4.57 Å². The molecule has 4 rings (SSSR count). The maximum Gasteiger partial charge on any atom is 0.296 e. The standard InChI is InChI=1S/C21H21N4/c1-14-9-5-6-10-17(14)21-24(4)18-11-7-8-12-19(18)25(21)20-15(2)16(3)22-13-23-20/h5-13H,1-4H3/q+1/i2D3. The van der Waals surface area contributed by atoms with E-state index in [1.54, 1.807) is 6.92 Å². The molecule has 124 valence electrons. The number of aryl methyl sites for hydroxylation is 3. The number of nitrogens with zero attached hydrogens (tertiary/aromatic N) is 4. The molecule has 25 heavy (non-hydrogen) atoms.